The fourth-order valence-electron chi connectivity index (χ4n) is 2.07. The van der Waals surface area contributed by atoms with Crippen molar-refractivity contribution in [2.45, 2.75) is 6.54 Å². The van der Waals surface area contributed by atoms with Crippen LogP contribution in [0.5, 0.6) is 0 Å². The summed E-state index contributed by atoms with van der Waals surface area (Å²) in [4.78, 5) is 24.4. The SMILES string of the molecule is CN(C)c1ccc(C(=O)NCc2ccccc2)cc1[N+](=O)[O-]. The minimum Gasteiger partial charge on any atom is -0.372 e. The molecule has 6 nitrogen and oxygen atoms in total. The summed E-state index contributed by atoms with van der Waals surface area (Å²) in [6.07, 6.45) is 0. The number of hydrogen-bond acceptors (Lipinski definition) is 4. The first-order chi connectivity index (χ1) is 10.5. The van der Waals surface area contributed by atoms with E-state index in [0.29, 0.717) is 12.2 Å². The minimum atomic E-state index is -0.483. The van der Waals surface area contributed by atoms with Gasteiger partial charge in [-0.2, -0.15) is 0 Å². The Kier molecular flexibility index (Phi) is 4.73. The third kappa shape index (κ3) is 3.60. The molecule has 0 aliphatic rings. The normalized spacial score (nSPS) is 10.1. The quantitative estimate of drug-likeness (QED) is 0.680. The van der Waals surface area contributed by atoms with Crippen molar-refractivity contribution in [2.24, 2.45) is 0 Å². The Morgan fingerprint density at radius 1 is 1.18 bits per heavy atom. The molecular weight excluding hydrogens is 282 g/mol. The Balaban J connectivity index is 2.16. The maximum atomic E-state index is 12.1. The van der Waals surface area contributed by atoms with E-state index in [1.165, 1.54) is 6.07 Å². The molecule has 0 saturated heterocycles. The number of nitro groups is 1. The van der Waals surface area contributed by atoms with Crippen LogP contribution in [-0.4, -0.2) is 24.9 Å². The van der Waals surface area contributed by atoms with Crippen LogP contribution in [0.2, 0.25) is 0 Å². The van der Waals surface area contributed by atoms with Gasteiger partial charge in [0.1, 0.15) is 5.69 Å². The monoisotopic (exact) mass is 299 g/mol. The maximum absolute atomic E-state index is 12.1. The van der Waals surface area contributed by atoms with E-state index >= 15 is 0 Å². The van der Waals surface area contributed by atoms with E-state index in [1.807, 2.05) is 30.3 Å². The second-order valence-corrected chi connectivity index (χ2v) is 5.02. The van der Waals surface area contributed by atoms with E-state index in [2.05, 4.69) is 5.32 Å². The number of nitrogens with zero attached hydrogens (tertiary/aromatic N) is 2. The molecule has 0 spiro atoms. The highest BCUT2D eigenvalue weighted by molar-refractivity contribution is 5.95. The second kappa shape index (κ2) is 6.71. The molecule has 0 heterocycles. The topological polar surface area (TPSA) is 75.5 Å². The summed E-state index contributed by atoms with van der Waals surface area (Å²) in [5.74, 6) is -0.336. The number of amides is 1. The first kappa shape index (κ1) is 15.5. The molecule has 0 fully saturated rings. The van der Waals surface area contributed by atoms with Gasteiger partial charge in [-0.1, -0.05) is 30.3 Å². The molecule has 0 aliphatic carbocycles. The lowest BCUT2D eigenvalue weighted by Crippen LogP contribution is -2.23. The lowest BCUT2D eigenvalue weighted by Gasteiger charge is -2.13. The van der Waals surface area contributed by atoms with E-state index in [0.717, 1.165) is 5.56 Å². The number of rotatable bonds is 5. The zero-order valence-corrected chi connectivity index (χ0v) is 12.4. The van der Waals surface area contributed by atoms with Crippen molar-refractivity contribution in [2.75, 3.05) is 19.0 Å². The Labute approximate surface area is 128 Å². The molecule has 22 heavy (non-hydrogen) atoms. The predicted molar refractivity (Wildman–Crippen MR) is 85.0 cm³/mol. The minimum absolute atomic E-state index is 0.0858. The van der Waals surface area contributed by atoms with Crippen LogP contribution in [0.15, 0.2) is 48.5 Å². The van der Waals surface area contributed by atoms with Crippen molar-refractivity contribution in [1.29, 1.82) is 0 Å². The van der Waals surface area contributed by atoms with E-state index in [1.54, 1.807) is 31.1 Å². The summed E-state index contributed by atoms with van der Waals surface area (Å²) < 4.78 is 0. The zero-order chi connectivity index (χ0) is 16.1. The molecule has 0 saturated carbocycles. The van der Waals surface area contributed by atoms with Crippen molar-refractivity contribution in [3.8, 4) is 0 Å². The van der Waals surface area contributed by atoms with Gasteiger partial charge in [-0.25, -0.2) is 0 Å². The molecule has 1 amide bonds. The molecule has 0 radical (unpaired) electrons. The highest BCUT2D eigenvalue weighted by atomic mass is 16.6. The summed E-state index contributed by atoms with van der Waals surface area (Å²) in [5.41, 5.74) is 1.62. The standard InChI is InChI=1S/C16H17N3O3/c1-18(2)14-9-8-13(10-15(14)19(21)22)16(20)17-11-12-6-4-3-5-7-12/h3-10H,11H2,1-2H3,(H,17,20). The highest BCUT2D eigenvalue weighted by Gasteiger charge is 2.18. The van der Waals surface area contributed by atoms with Gasteiger partial charge in [0.05, 0.1) is 4.92 Å². The van der Waals surface area contributed by atoms with Crippen molar-refractivity contribution < 1.29 is 9.72 Å². The van der Waals surface area contributed by atoms with Gasteiger partial charge in [0.25, 0.3) is 11.6 Å². The van der Waals surface area contributed by atoms with Crippen molar-refractivity contribution in [1.82, 2.24) is 5.32 Å². The smallest absolute Gasteiger partial charge is 0.293 e. The van der Waals surface area contributed by atoms with Gasteiger partial charge in [-0.15, -0.1) is 0 Å². The number of carbonyl (C=O) groups excluding carboxylic acids is 1. The van der Waals surface area contributed by atoms with Gasteiger partial charge in [-0.05, 0) is 17.7 Å². The molecular formula is C16H17N3O3. The fourth-order valence-corrected chi connectivity index (χ4v) is 2.07. The van der Waals surface area contributed by atoms with Gasteiger partial charge in [0.2, 0.25) is 0 Å². The summed E-state index contributed by atoms with van der Waals surface area (Å²) in [7, 11) is 3.44. The molecule has 2 rings (SSSR count). The second-order valence-electron chi connectivity index (χ2n) is 5.02. The summed E-state index contributed by atoms with van der Waals surface area (Å²) >= 11 is 0. The maximum Gasteiger partial charge on any atom is 0.293 e. The average Bonchev–Trinajstić information content (AvgIpc) is 2.52. The van der Waals surface area contributed by atoms with Crippen LogP contribution < -0.4 is 10.2 Å². The van der Waals surface area contributed by atoms with Crippen LogP contribution in [0.25, 0.3) is 0 Å². The van der Waals surface area contributed by atoms with Crippen LogP contribution in [0.4, 0.5) is 11.4 Å². The first-order valence-corrected chi connectivity index (χ1v) is 6.77. The summed E-state index contributed by atoms with van der Waals surface area (Å²) in [6.45, 7) is 0.378. The number of hydrogen-bond donors (Lipinski definition) is 1. The number of anilines is 1. The van der Waals surface area contributed by atoms with E-state index in [-0.39, 0.29) is 17.2 Å². The summed E-state index contributed by atoms with van der Waals surface area (Å²) in [6, 6.07) is 13.9. The van der Waals surface area contributed by atoms with Gasteiger partial charge in [0, 0.05) is 32.3 Å². The van der Waals surface area contributed by atoms with Crippen LogP contribution in [0, 0.1) is 10.1 Å². The zero-order valence-electron chi connectivity index (χ0n) is 12.4. The van der Waals surface area contributed by atoms with Gasteiger partial charge < -0.3 is 10.2 Å². The number of carbonyl (C=O) groups is 1. The van der Waals surface area contributed by atoms with Crippen molar-refractivity contribution in [3.63, 3.8) is 0 Å². The molecule has 2 aromatic carbocycles. The van der Waals surface area contributed by atoms with Gasteiger partial charge in [-0.3, -0.25) is 14.9 Å². The third-order valence-corrected chi connectivity index (χ3v) is 3.21. The van der Waals surface area contributed by atoms with Crippen LogP contribution in [0.1, 0.15) is 15.9 Å². The van der Waals surface area contributed by atoms with E-state index in [9.17, 15) is 14.9 Å². The number of nitro benzene ring substituents is 1. The van der Waals surface area contributed by atoms with Crippen LogP contribution in [0.3, 0.4) is 0 Å². The lowest BCUT2D eigenvalue weighted by molar-refractivity contribution is -0.384. The van der Waals surface area contributed by atoms with Crippen molar-refractivity contribution >= 4 is 17.3 Å². The molecule has 0 bridgehead atoms. The van der Waals surface area contributed by atoms with Crippen molar-refractivity contribution in [3.05, 3.63) is 69.8 Å². The highest BCUT2D eigenvalue weighted by Crippen LogP contribution is 2.27. The van der Waals surface area contributed by atoms with E-state index < -0.39 is 4.92 Å². The molecule has 0 unspecified atom stereocenters. The molecule has 1 N–H and O–H groups in total. The third-order valence-electron chi connectivity index (χ3n) is 3.21. The Morgan fingerprint density at radius 2 is 1.86 bits per heavy atom. The van der Waals surface area contributed by atoms with Crippen LogP contribution >= 0.6 is 0 Å². The molecule has 114 valence electrons. The fraction of sp³-hybridized carbons (Fsp3) is 0.188. The van der Waals surface area contributed by atoms with Gasteiger partial charge in [0.15, 0.2) is 0 Å². The Bertz CT molecular complexity index is 684. The molecule has 0 aromatic heterocycles. The summed E-state index contributed by atoms with van der Waals surface area (Å²) in [5, 5.41) is 13.9. The van der Waals surface area contributed by atoms with Gasteiger partial charge >= 0.3 is 0 Å². The van der Waals surface area contributed by atoms with Crippen LogP contribution in [-0.2, 0) is 6.54 Å². The Hall–Kier alpha value is -2.89. The Morgan fingerprint density at radius 3 is 2.45 bits per heavy atom. The largest absolute Gasteiger partial charge is 0.372 e. The lowest BCUT2D eigenvalue weighted by atomic mass is 10.1. The number of benzene rings is 2. The molecule has 0 aliphatic heterocycles. The van der Waals surface area contributed by atoms with E-state index in [4.69, 9.17) is 0 Å². The molecule has 2 aromatic rings. The molecule has 0 atom stereocenters. The number of nitrogens with one attached hydrogen (secondary N) is 1. The first-order valence-electron chi connectivity index (χ1n) is 6.77. The molecule has 6 heteroatoms. The predicted octanol–water partition coefficient (Wildman–Crippen LogP) is 2.59. The average molecular weight is 299 g/mol.